The van der Waals surface area contributed by atoms with Crippen LogP contribution in [0.5, 0.6) is 0 Å². The zero-order chi connectivity index (χ0) is 19.9. The third-order valence-corrected chi connectivity index (χ3v) is 5.62. The summed E-state index contributed by atoms with van der Waals surface area (Å²) >= 11 is 1.69. The van der Waals surface area contributed by atoms with Gasteiger partial charge in [-0.25, -0.2) is 14.8 Å². The van der Waals surface area contributed by atoms with E-state index < -0.39 is 0 Å². The van der Waals surface area contributed by atoms with E-state index in [1.54, 1.807) is 16.2 Å². The van der Waals surface area contributed by atoms with Gasteiger partial charge in [-0.2, -0.15) is 0 Å². The van der Waals surface area contributed by atoms with Gasteiger partial charge in [0.05, 0.1) is 23.9 Å². The van der Waals surface area contributed by atoms with Crippen LogP contribution in [0.3, 0.4) is 0 Å². The van der Waals surface area contributed by atoms with Crippen molar-refractivity contribution in [2.75, 3.05) is 26.2 Å². The van der Waals surface area contributed by atoms with Gasteiger partial charge >= 0.3 is 6.09 Å². The number of rotatable bonds is 5. The Balaban J connectivity index is 0.00000392. The first-order valence-electron chi connectivity index (χ1n) is 9.75. The van der Waals surface area contributed by atoms with E-state index in [9.17, 15) is 4.79 Å². The number of carbonyl (C=O) groups is 1. The lowest BCUT2D eigenvalue weighted by molar-refractivity contribution is 0.0963. The van der Waals surface area contributed by atoms with Gasteiger partial charge in [-0.15, -0.1) is 35.3 Å². The third kappa shape index (κ3) is 7.73. The van der Waals surface area contributed by atoms with Crippen molar-refractivity contribution >= 4 is 47.4 Å². The first kappa shape index (κ1) is 24.9. The summed E-state index contributed by atoms with van der Waals surface area (Å²) in [6.07, 6.45) is 1.55. The standard InChI is InChI=1S/C19H33N5O2S.HI/c1-6-20-17(21-12-15-13-27-16(22-15)19(3,4)5)23-14-8-10-24(11-9-14)18(25)26-7-2;/h13-14H,6-12H2,1-5H3,(H2,20,21,23);1H. The fraction of sp³-hybridized carbons (Fsp3) is 0.737. The van der Waals surface area contributed by atoms with Crippen LogP contribution in [0.1, 0.15) is 58.2 Å². The number of hydrogen-bond acceptors (Lipinski definition) is 5. The summed E-state index contributed by atoms with van der Waals surface area (Å²) in [4.78, 5) is 23.0. The molecular weight excluding hydrogens is 489 g/mol. The monoisotopic (exact) mass is 523 g/mol. The van der Waals surface area contributed by atoms with E-state index in [1.165, 1.54) is 0 Å². The highest BCUT2D eigenvalue weighted by Gasteiger charge is 2.24. The number of piperidine rings is 1. The second kappa shape index (κ2) is 11.8. The molecule has 1 fully saturated rings. The minimum atomic E-state index is -0.213. The van der Waals surface area contributed by atoms with Crippen molar-refractivity contribution < 1.29 is 9.53 Å². The Hall–Kier alpha value is -1.10. The van der Waals surface area contributed by atoms with Gasteiger partial charge in [0.15, 0.2) is 5.96 Å². The van der Waals surface area contributed by atoms with Crippen LogP contribution >= 0.6 is 35.3 Å². The average Bonchev–Trinajstić information content (AvgIpc) is 3.10. The smallest absolute Gasteiger partial charge is 0.409 e. The number of amides is 1. The lowest BCUT2D eigenvalue weighted by Crippen LogP contribution is -2.49. The Kier molecular flexibility index (Phi) is 10.5. The molecule has 2 heterocycles. The fourth-order valence-electron chi connectivity index (χ4n) is 2.82. The molecule has 1 aromatic rings. The van der Waals surface area contributed by atoms with Crippen molar-refractivity contribution in [3.63, 3.8) is 0 Å². The van der Waals surface area contributed by atoms with Crippen molar-refractivity contribution in [1.82, 2.24) is 20.5 Å². The van der Waals surface area contributed by atoms with Crippen LogP contribution in [0.25, 0.3) is 0 Å². The first-order valence-corrected chi connectivity index (χ1v) is 10.6. The van der Waals surface area contributed by atoms with Crippen molar-refractivity contribution in [3.05, 3.63) is 16.1 Å². The van der Waals surface area contributed by atoms with Crippen LogP contribution in [-0.2, 0) is 16.7 Å². The van der Waals surface area contributed by atoms with Crippen LogP contribution in [0, 0.1) is 0 Å². The molecule has 0 bridgehead atoms. The molecule has 1 aliphatic heterocycles. The first-order chi connectivity index (χ1) is 12.8. The van der Waals surface area contributed by atoms with E-state index >= 15 is 0 Å². The molecule has 9 heteroatoms. The predicted molar refractivity (Wildman–Crippen MR) is 126 cm³/mol. The SMILES string of the molecule is CCNC(=NCc1csc(C(C)(C)C)n1)NC1CCN(C(=O)OCC)CC1.I. The molecule has 0 aromatic carbocycles. The van der Waals surface area contributed by atoms with Gasteiger partial charge in [0.2, 0.25) is 0 Å². The Labute approximate surface area is 189 Å². The van der Waals surface area contributed by atoms with Gasteiger partial charge < -0.3 is 20.3 Å². The van der Waals surface area contributed by atoms with Gasteiger partial charge in [-0.05, 0) is 26.7 Å². The minimum Gasteiger partial charge on any atom is -0.450 e. The van der Waals surface area contributed by atoms with E-state index in [1.807, 2.05) is 6.92 Å². The second-order valence-electron chi connectivity index (χ2n) is 7.69. The number of carbonyl (C=O) groups excluding carboxylic acids is 1. The Morgan fingerprint density at radius 3 is 2.57 bits per heavy atom. The number of ether oxygens (including phenoxy) is 1. The summed E-state index contributed by atoms with van der Waals surface area (Å²) in [6.45, 7) is 13.6. The number of thiazole rings is 1. The van der Waals surface area contributed by atoms with Gasteiger partial charge in [0.1, 0.15) is 0 Å². The normalized spacial score (nSPS) is 15.8. The van der Waals surface area contributed by atoms with Crippen LogP contribution in [0.4, 0.5) is 4.79 Å². The molecule has 1 aromatic heterocycles. The number of likely N-dealkylation sites (tertiary alicyclic amines) is 1. The van der Waals surface area contributed by atoms with Gasteiger partial charge in [0.25, 0.3) is 0 Å². The average molecular weight is 523 g/mol. The zero-order valence-electron chi connectivity index (χ0n) is 17.6. The number of aliphatic imine (C=N–C) groups is 1. The maximum atomic E-state index is 11.8. The number of nitrogens with one attached hydrogen (secondary N) is 2. The van der Waals surface area contributed by atoms with Crippen LogP contribution in [0.2, 0.25) is 0 Å². The summed E-state index contributed by atoms with van der Waals surface area (Å²) < 4.78 is 5.07. The highest BCUT2D eigenvalue weighted by Crippen LogP contribution is 2.25. The number of nitrogens with zero attached hydrogens (tertiary/aromatic N) is 3. The topological polar surface area (TPSA) is 78.9 Å². The van der Waals surface area contributed by atoms with Gasteiger partial charge in [0, 0.05) is 36.5 Å². The zero-order valence-corrected chi connectivity index (χ0v) is 20.7. The number of halogens is 1. The molecular formula is C19H34IN5O2S. The summed E-state index contributed by atoms with van der Waals surface area (Å²) in [5, 5.41) is 10.0. The molecule has 1 aliphatic rings. The molecule has 2 rings (SSSR count). The van der Waals surface area contributed by atoms with E-state index in [0.29, 0.717) is 32.3 Å². The summed E-state index contributed by atoms with van der Waals surface area (Å²) in [6, 6.07) is 0.300. The minimum absolute atomic E-state index is 0. The fourth-order valence-corrected chi connectivity index (χ4v) is 3.72. The lowest BCUT2D eigenvalue weighted by Gasteiger charge is -2.32. The highest BCUT2D eigenvalue weighted by molar-refractivity contribution is 14.0. The largest absolute Gasteiger partial charge is 0.450 e. The van der Waals surface area contributed by atoms with Crippen molar-refractivity contribution in [2.45, 2.75) is 65.5 Å². The van der Waals surface area contributed by atoms with Crippen LogP contribution < -0.4 is 10.6 Å². The number of hydrogen-bond donors (Lipinski definition) is 2. The van der Waals surface area contributed by atoms with Gasteiger partial charge in [-0.3, -0.25) is 0 Å². The highest BCUT2D eigenvalue weighted by atomic mass is 127. The van der Waals surface area contributed by atoms with E-state index in [0.717, 1.165) is 36.0 Å². The van der Waals surface area contributed by atoms with Crippen molar-refractivity contribution in [2.24, 2.45) is 4.99 Å². The third-order valence-electron chi connectivity index (χ3n) is 4.30. The van der Waals surface area contributed by atoms with Crippen LogP contribution in [-0.4, -0.2) is 54.2 Å². The van der Waals surface area contributed by atoms with Crippen molar-refractivity contribution in [3.8, 4) is 0 Å². The summed E-state index contributed by atoms with van der Waals surface area (Å²) in [7, 11) is 0. The van der Waals surface area contributed by atoms with E-state index in [-0.39, 0.29) is 35.5 Å². The molecule has 0 spiro atoms. The number of aromatic nitrogens is 1. The van der Waals surface area contributed by atoms with Crippen molar-refractivity contribution in [1.29, 1.82) is 0 Å². The number of guanidine groups is 1. The second-order valence-corrected chi connectivity index (χ2v) is 8.55. The molecule has 7 nitrogen and oxygen atoms in total. The molecule has 28 heavy (non-hydrogen) atoms. The molecule has 1 saturated heterocycles. The molecule has 0 unspecified atom stereocenters. The summed E-state index contributed by atoms with van der Waals surface area (Å²) in [5.74, 6) is 0.803. The molecule has 0 saturated carbocycles. The molecule has 0 aliphatic carbocycles. The molecule has 0 radical (unpaired) electrons. The summed E-state index contributed by atoms with van der Waals surface area (Å²) in [5.41, 5.74) is 1.07. The van der Waals surface area contributed by atoms with E-state index in [2.05, 4.69) is 43.7 Å². The maximum absolute atomic E-state index is 11.8. The molecule has 1 amide bonds. The molecule has 160 valence electrons. The Bertz CT molecular complexity index is 637. The Morgan fingerprint density at radius 2 is 2.04 bits per heavy atom. The van der Waals surface area contributed by atoms with Gasteiger partial charge in [-0.1, -0.05) is 20.8 Å². The molecule has 2 N–H and O–H groups in total. The van der Waals surface area contributed by atoms with E-state index in [4.69, 9.17) is 14.7 Å². The maximum Gasteiger partial charge on any atom is 0.409 e. The van der Waals surface area contributed by atoms with Crippen LogP contribution in [0.15, 0.2) is 10.4 Å². The Morgan fingerprint density at radius 1 is 1.36 bits per heavy atom. The lowest BCUT2D eigenvalue weighted by atomic mass is 9.98. The predicted octanol–water partition coefficient (Wildman–Crippen LogP) is 3.73. The molecule has 0 atom stereocenters. The quantitative estimate of drug-likeness (QED) is 0.350.